The van der Waals surface area contributed by atoms with Crippen LogP contribution in [0.5, 0.6) is 17.2 Å². The molecule has 0 aliphatic rings. The number of methoxy groups -OCH3 is 1. The molecule has 192 valence electrons. The van der Waals surface area contributed by atoms with Crippen LogP contribution < -0.4 is 19.6 Å². The summed E-state index contributed by atoms with van der Waals surface area (Å²) in [4.78, 5) is 24.9. The summed E-state index contributed by atoms with van der Waals surface area (Å²) in [7, 11) is 1.46. The summed E-state index contributed by atoms with van der Waals surface area (Å²) in [5, 5.41) is 4.30. The Hall–Kier alpha value is -4.62. The summed E-state index contributed by atoms with van der Waals surface area (Å²) in [6, 6.07) is 26.4. The highest BCUT2D eigenvalue weighted by atomic mass is 35.5. The zero-order chi connectivity index (χ0) is 26.9. The normalized spacial score (nSPS) is 10.7. The van der Waals surface area contributed by atoms with Gasteiger partial charge in [0.25, 0.3) is 5.91 Å². The molecule has 0 heterocycles. The van der Waals surface area contributed by atoms with Gasteiger partial charge in [0.2, 0.25) is 0 Å². The Morgan fingerprint density at radius 3 is 2.37 bits per heavy atom. The Balaban J connectivity index is 1.32. The lowest BCUT2D eigenvalue weighted by molar-refractivity contribution is 0.0729. The molecule has 0 aliphatic carbocycles. The van der Waals surface area contributed by atoms with Gasteiger partial charge in [0.15, 0.2) is 11.5 Å². The van der Waals surface area contributed by atoms with Crippen molar-refractivity contribution in [3.05, 3.63) is 124 Å². The molecule has 0 aromatic heterocycles. The van der Waals surface area contributed by atoms with Crippen LogP contribution in [-0.2, 0) is 6.61 Å². The minimum absolute atomic E-state index is 0.225. The Kier molecular flexibility index (Phi) is 8.74. The number of carbonyl (C=O) groups is 2. The summed E-state index contributed by atoms with van der Waals surface area (Å²) in [6.07, 6.45) is 1.46. The van der Waals surface area contributed by atoms with Crippen LogP contribution in [0.2, 0.25) is 5.02 Å². The number of hydrogen-bond donors (Lipinski definition) is 1. The van der Waals surface area contributed by atoms with Crippen molar-refractivity contribution in [3.63, 3.8) is 0 Å². The van der Waals surface area contributed by atoms with Crippen molar-refractivity contribution < 1.29 is 23.8 Å². The van der Waals surface area contributed by atoms with Crippen LogP contribution in [-0.4, -0.2) is 25.2 Å². The minimum atomic E-state index is -0.603. The third-order valence-corrected chi connectivity index (χ3v) is 5.84. The van der Waals surface area contributed by atoms with Crippen LogP contribution in [0.4, 0.5) is 0 Å². The highest BCUT2D eigenvalue weighted by Crippen LogP contribution is 2.29. The van der Waals surface area contributed by atoms with Gasteiger partial charge in [0.1, 0.15) is 12.4 Å². The second-order valence-corrected chi connectivity index (χ2v) is 8.68. The molecule has 0 atom stereocenters. The zero-order valence-electron chi connectivity index (χ0n) is 20.8. The minimum Gasteiger partial charge on any atom is -0.493 e. The molecule has 4 rings (SSSR count). The smallest absolute Gasteiger partial charge is 0.345 e. The van der Waals surface area contributed by atoms with E-state index in [1.54, 1.807) is 66.7 Å². The molecule has 7 nitrogen and oxygen atoms in total. The van der Waals surface area contributed by atoms with Gasteiger partial charge in [-0.3, -0.25) is 4.79 Å². The molecule has 0 saturated heterocycles. The molecule has 0 bridgehead atoms. The van der Waals surface area contributed by atoms with Crippen molar-refractivity contribution >= 4 is 29.7 Å². The first-order valence-electron chi connectivity index (χ1n) is 11.7. The molecule has 0 spiro atoms. The molecular formula is C30H25ClN2O5. The van der Waals surface area contributed by atoms with Gasteiger partial charge in [-0.25, -0.2) is 10.2 Å². The number of carbonyl (C=O) groups excluding carboxylic acids is 2. The Morgan fingerprint density at radius 1 is 0.921 bits per heavy atom. The molecule has 8 heteroatoms. The van der Waals surface area contributed by atoms with E-state index in [0.29, 0.717) is 34.3 Å². The van der Waals surface area contributed by atoms with Gasteiger partial charge in [0.05, 0.1) is 23.9 Å². The van der Waals surface area contributed by atoms with Crippen LogP contribution in [0, 0.1) is 6.92 Å². The lowest BCUT2D eigenvalue weighted by atomic mass is 10.2. The summed E-state index contributed by atoms with van der Waals surface area (Å²) in [6.45, 7) is 2.48. The number of halogens is 1. The van der Waals surface area contributed by atoms with Crippen LogP contribution in [0.25, 0.3) is 0 Å². The quantitative estimate of drug-likeness (QED) is 0.121. The van der Waals surface area contributed by atoms with Gasteiger partial charge < -0.3 is 14.2 Å². The average molecular weight is 529 g/mol. The van der Waals surface area contributed by atoms with Crippen molar-refractivity contribution in [2.24, 2.45) is 5.10 Å². The topological polar surface area (TPSA) is 86.2 Å². The van der Waals surface area contributed by atoms with E-state index in [-0.39, 0.29) is 17.2 Å². The highest BCUT2D eigenvalue weighted by molar-refractivity contribution is 6.33. The van der Waals surface area contributed by atoms with E-state index in [2.05, 4.69) is 10.5 Å². The van der Waals surface area contributed by atoms with Crippen molar-refractivity contribution in [2.45, 2.75) is 13.5 Å². The SMILES string of the molecule is COc1cc(/C=N/NC(=O)c2ccc(OCc3ccc(C)cc3)cc2)ccc1OC(=O)c1ccccc1Cl. The number of ether oxygens (including phenoxy) is 3. The second kappa shape index (κ2) is 12.6. The first-order chi connectivity index (χ1) is 18.4. The second-order valence-electron chi connectivity index (χ2n) is 8.28. The fourth-order valence-corrected chi connectivity index (χ4v) is 3.63. The third kappa shape index (κ3) is 6.99. The van der Waals surface area contributed by atoms with Crippen LogP contribution >= 0.6 is 11.6 Å². The van der Waals surface area contributed by atoms with Gasteiger partial charge in [-0.05, 0) is 72.6 Å². The number of nitrogens with one attached hydrogen (secondary N) is 1. The molecule has 1 N–H and O–H groups in total. The van der Waals surface area contributed by atoms with Crippen LogP contribution in [0.15, 0.2) is 96.1 Å². The molecular weight excluding hydrogens is 504 g/mol. The fourth-order valence-electron chi connectivity index (χ4n) is 3.41. The Morgan fingerprint density at radius 2 is 1.66 bits per heavy atom. The lowest BCUT2D eigenvalue weighted by Gasteiger charge is -2.10. The largest absolute Gasteiger partial charge is 0.493 e. The van der Waals surface area contributed by atoms with Gasteiger partial charge in [-0.15, -0.1) is 0 Å². The molecule has 0 unspecified atom stereocenters. The number of hydrazone groups is 1. The third-order valence-electron chi connectivity index (χ3n) is 5.51. The van der Waals surface area contributed by atoms with E-state index in [1.807, 2.05) is 31.2 Å². The number of aryl methyl sites for hydroxylation is 1. The van der Waals surface area contributed by atoms with E-state index in [0.717, 1.165) is 5.56 Å². The summed E-state index contributed by atoms with van der Waals surface area (Å²) in [5.74, 6) is 0.232. The predicted molar refractivity (Wildman–Crippen MR) is 146 cm³/mol. The number of amides is 1. The maximum Gasteiger partial charge on any atom is 0.345 e. The molecule has 0 aliphatic heterocycles. The monoisotopic (exact) mass is 528 g/mol. The van der Waals surface area contributed by atoms with Gasteiger partial charge in [-0.1, -0.05) is 53.6 Å². The fraction of sp³-hybridized carbons (Fsp3) is 0.100. The standard InChI is InChI=1S/C30H25ClN2O5/c1-20-7-9-21(10-8-20)19-37-24-14-12-23(13-15-24)29(34)33-32-18-22-11-16-27(28(17-22)36-2)38-30(35)25-5-3-4-6-26(25)31/h3-18H,19H2,1-2H3,(H,33,34)/b32-18+. The number of rotatable bonds is 9. The van der Waals surface area contributed by atoms with Gasteiger partial charge >= 0.3 is 5.97 Å². The number of benzene rings is 4. The molecule has 4 aromatic carbocycles. The van der Waals surface area contributed by atoms with E-state index in [9.17, 15) is 9.59 Å². The van der Waals surface area contributed by atoms with Crippen molar-refractivity contribution in [2.75, 3.05) is 7.11 Å². The number of hydrogen-bond acceptors (Lipinski definition) is 6. The van der Waals surface area contributed by atoms with E-state index < -0.39 is 5.97 Å². The Labute approximate surface area is 225 Å². The van der Waals surface area contributed by atoms with E-state index >= 15 is 0 Å². The number of nitrogens with zero attached hydrogens (tertiary/aromatic N) is 1. The average Bonchev–Trinajstić information content (AvgIpc) is 2.94. The van der Waals surface area contributed by atoms with Crippen molar-refractivity contribution in [1.82, 2.24) is 5.43 Å². The summed E-state index contributed by atoms with van der Waals surface area (Å²) >= 11 is 6.07. The molecule has 0 radical (unpaired) electrons. The van der Waals surface area contributed by atoms with Crippen molar-refractivity contribution in [3.8, 4) is 17.2 Å². The lowest BCUT2D eigenvalue weighted by Crippen LogP contribution is -2.17. The van der Waals surface area contributed by atoms with Crippen LogP contribution in [0.1, 0.15) is 37.4 Å². The Bertz CT molecular complexity index is 1450. The first-order valence-corrected chi connectivity index (χ1v) is 12.1. The first kappa shape index (κ1) is 26.4. The highest BCUT2D eigenvalue weighted by Gasteiger charge is 2.15. The molecule has 1 amide bonds. The van der Waals surface area contributed by atoms with Crippen molar-refractivity contribution in [1.29, 1.82) is 0 Å². The molecule has 38 heavy (non-hydrogen) atoms. The maximum absolute atomic E-state index is 12.5. The van der Waals surface area contributed by atoms with E-state index in [1.165, 1.54) is 18.9 Å². The number of esters is 1. The molecule has 0 fully saturated rings. The maximum atomic E-state index is 12.5. The summed E-state index contributed by atoms with van der Waals surface area (Å²) < 4.78 is 16.6. The predicted octanol–water partition coefficient (Wildman–Crippen LogP) is 6.22. The van der Waals surface area contributed by atoms with Gasteiger partial charge in [-0.2, -0.15) is 5.10 Å². The molecule has 4 aromatic rings. The van der Waals surface area contributed by atoms with Crippen LogP contribution in [0.3, 0.4) is 0 Å². The van der Waals surface area contributed by atoms with Gasteiger partial charge in [0, 0.05) is 5.56 Å². The molecule has 0 saturated carbocycles. The summed E-state index contributed by atoms with van der Waals surface area (Å²) in [5.41, 5.74) is 6.05. The van der Waals surface area contributed by atoms with E-state index in [4.69, 9.17) is 25.8 Å². The zero-order valence-corrected chi connectivity index (χ0v) is 21.6.